The van der Waals surface area contributed by atoms with Crippen LogP contribution in [0.25, 0.3) is 0 Å². The maximum atomic E-state index is 11.4. The molecule has 1 fully saturated rings. The normalized spacial score (nSPS) is 20.8. The summed E-state index contributed by atoms with van der Waals surface area (Å²) in [6.45, 7) is 3.05. The Hall–Kier alpha value is -1.41. The molecule has 0 bridgehead atoms. The highest BCUT2D eigenvalue weighted by Crippen LogP contribution is 2.18. The molecule has 2 rings (SSSR count). The van der Waals surface area contributed by atoms with E-state index in [-0.39, 0.29) is 17.5 Å². The Kier molecular flexibility index (Phi) is 4.77. The molecule has 7 nitrogen and oxygen atoms in total. The molecule has 0 aromatic carbocycles. The van der Waals surface area contributed by atoms with Crippen LogP contribution in [0, 0.1) is 6.92 Å². The van der Waals surface area contributed by atoms with Gasteiger partial charge in [-0.05, 0) is 13.3 Å². The Bertz CT molecular complexity index is 562. The fourth-order valence-electron chi connectivity index (χ4n) is 2.13. The van der Waals surface area contributed by atoms with Gasteiger partial charge in [-0.15, -0.1) is 0 Å². The van der Waals surface area contributed by atoms with Gasteiger partial charge in [0.1, 0.15) is 17.5 Å². The first-order valence-corrected chi connectivity index (χ1v) is 8.36. The molecule has 2 heterocycles. The van der Waals surface area contributed by atoms with Crippen molar-refractivity contribution in [3.05, 3.63) is 11.9 Å². The van der Waals surface area contributed by atoms with Crippen LogP contribution in [-0.4, -0.2) is 56.2 Å². The van der Waals surface area contributed by atoms with Crippen LogP contribution in [0.2, 0.25) is 0 Å². The number of anilines is 2. The number of methoxy groups -OCH3 is 1. The summed E-state index contributed by atoms with van der Waals surface area (Å²) >= 11 is 0. The van der Waals surface area contributed by atoms with Crippen molar-refractivity contribution in [3.8, 4) is 0 Å². The first-order valence-electron chi connectivity index (χ1n) is 6.54. The molecule has 0 saturated carbocycles. The molecule has 8 heteroatoms. The molecule has 0 amide bonds. The second kappa shape index (κ2) is 6.36. The summed E-state index contributed by atoms with van der Waals surface area (Å²) in [5.74, 6) is 2.41. The van der Waals surface area contributed by atoms with Gasteiger partial charge in [0.05, 0.1) is 18.1 Å². The Balaban J connectivity index is 2.00. The molecule has 1 atom stereocenters. The lowest BCUT2D eigenvalue weighted by molar-refractivity contribution is 0.210. The van der Waals surface area contributed by atoms with Crippen LogP contribution in [0.4, 0.5) is 11.6 Å². The Morgan fingerprint density at radius 1 is 1.40 bits per heavy atom. The van der Waals surface area contributed by atoms with Crippen LogP contribution < -0.4 is 10.6 Å². The second-order valence-electron chi connectivity index (χ2n) is 4.85. The first-order chi connectivity index (χ1) is 9.48. The highest BCUT2D eigenvalue weighted by Gasteiger charge is 2.28. The predicted octanol–water partition coefficient (Wildman–Crippen LogP) is 0.442. The average molecular weight is 300 g/mol. The molecule has 1 unspecified atom stereocenters. The summed E-state index contributed by atoms with van der Waals surface area (Å²) < 4.78 is 27.8. The minimum absolute atomic E-state index is 0.0684. The fraction of sp³-hybridized carbons (Fsp3) is 0.667. The van der Waals surface area contributed by atoms with Gasteiger partial charge in [-0.1, -0.05) is 0 Å². The Labute approximate surface area is 119 Å². The standard InChI is InChI=1S/C12H20N4O3S/c1-9-14-11(13-4-5-19-2)7-12(15-9)16-10-3-6-20(17,18)8-10/h7,10H,3-6,8H2,1-2H3,(H2,13,14,15,16). The molecule has 1 aromatic heterocycles. The molecule has 1 aliphatic heterocycles. The summed E-state index contributed by atoms with van der Waals surface area (Å²) in [7, 11) is -1.25. The van der Waals surface area contributed by atoms with E-state index >= 15 is 0 Å². The first kappa shape index (κ1) is 15.0. The van der Waals surface area contributed by atoms with Crippen molar-refractivity contribution in [1.29, 1.82) is 0 Å². The smallest absolute Gasteiger partial charge is 0.152 e. The molecular weight excluding hydrogens is 280 g/mol. The molecule has 0 spiro atoms. The highest BCUT2D eigenvalue weighted by molar-refractivity contribution is 7.91. The zero-order valence-corrected chi connectivity index (χ0v) is 12.5. The molecular formula is C12H20N4O3S. The van der Waals surface area contributed by atoms with Crippen LogP contribution >= 0.6 is 0 Å². The second-order valence-corrected chi connectivity index (χ2v) is 7.08. The molecule has 2 N–H and O–H groups in total. The van der Waals surface area contributed by atoms with E-state index in [4.69, 9.17) is 4.74 Å². The number of hydrogen-bond acceptors (Lipinski definition) is 7. The largest absolute Gasteiger partial charge is 0.383 e. The van der Waals surface area contributed by atoms with Gasteiger partial charge in [-0.25, -0.2) is 18.4 Å². The van der Waals surface area contributed by atoms with Crippen molar-refractivity contribution in [2.24, 2.45) is 0 Å². The number of nitrogens with one attached hydrogen (secondary N) is 2. The maximum Gasteiger partial charge on any atom is 0.152 e. The van der Waals surface area contributed by atoms with Gasteiger partial charge in [0.15, 0.2) is 9.84 Å². The minimum Gasteiger partial charge on any atom is -0.383 e. The fourth-order valence-corrected chi connectivity index (χ4v) is 3.80. The van der Waals surface area contributed by atoms with Crippen LogP contribution in [0.1, 0.15) is 12.2 Å². The number of nitrogens with zero attached hydrogens (tertiary/aromatic N) is 2. The summed E-state index contributed by atoms with van der Waals surface area (Å²) in [4.78, 5) is 8.56. The highest BCUT2D eigenvalue weighted by atomic mass is 32.2. The number of aryl methyl sites for hydroxylation is 1. The van der Waals surface area contributed by atoms with Crippen LogP contribution in [0.15, 0.2) is 6.07 Å². The van der Waals surface area contributed by atoms with Crippen LogP contribution in [-0.2, 0) is 14.6 Å². The van der Waals surface area contributed by atoms with Crippen molar-refractivity contribution < 1.29 is 13.2 Å². The Morgan fingerprint density at radius 2 is 2.15 bits per heavy atom. The molecule has 1 aliphatic rings. The van der Waals surface area contributed by atoms with Gasteiger partial charge in [0.2, 0.25) is 0 Å². The monoisotopic (exact) mass is 300 g/mol. The van der Waals surface area contributed by atoms with Gasteiger partial charge < -0.3 is 15.4 Å². The molecule has 1 saturated heterocycles. The van der Waals surface area contributed by atoms with Gasteiger partial charge in [0, 0.05) is 25.8 Å². The number of ether oxygens (including phenoxy) is 1. The van der Waals surface area contributed by atoms with Gasteiger partial charge in [-0.2, -0.15) is 0 Å². The van der Waals surface area contributed by atoms with E-state index in [0.717, 1.165) is 0 Å². The van der Waals surface area contributed by atoms with Crippen molar-refractivity contribution in [2.45, 2.75) is 19.4 Å². The zero-order valence-electron chi connectivity index (χ0n) is 11.7. The molecule has 20 heavy (non-hydrogen) atoms. The van der Waals surface area contributed by atoms with Crippen molar-refractivity contribution in [3.63, 3.8) is 0 Å². The van der Waals surface area contributed by atoms with Gasteiger partial charge in [0.25, 0.3) is 0 Å². The summed E-state index contributed by atoms with van der Waals surface area (Å²) in [5.41, 5.74) is 0. The summed E-state index contributed by atoms with van der Waals surface area (Å²) in [6.07, 6.45) is 0.623. The van der Waals surface area contributed by atoms with Gasteiger partial charge >= 0.3 is 0 Å². The van der Waals surface area contributed by atoms with Crippen LogP contribution in [0.3, 0.4) is 0 Å². The lowest BCUT2D eigenvalue weighted by Gasteiger charge is -2.13. The van der Waals surface area contributed by atoms with Crippen LogP contribution in [0.5, 0.6) is 0 Å². The molecule has 0 aliphatic carbocycles. The van der Waals surface area contributed by atoms with Crippen molar-refractivity contribution >= 4 is 21.5 Å². The predicted molar refractivity (Wildman–Crippen MR) is 77.8 cm³/mol. The van der Waals surface area contributed by atoms with E-state index in [1.165, 1.54) is 0 Å². The van der Waals surface area contributed by atoms with Gasteiger partial charge in [-0.3, -0.25) is 0 Å². The summed E-state index contributed by atoms with van der Waals surface area (Å²) in [6, 6.07) is 1.72. The number of hydrogen-bond donors (Lipinski definition) is 2. The average Bonchev–Trinajstić information content (AvgIpc) is 2.68. The van der Waals surface area contributed by atoms with E-state index in [2.05, 4.69) is 20.6 Å². The molecule has 112 valence electrons. The third kappa shape index (κ3) is 4.31. The van der Waals surface area contributed by atoms with E-state index in [1.54, 1.807) is 20.1 Å². The quantitative estimate of drug-likeness (QED) is 0.736. The zero-order chi connectivity index (χ0) is 14.6. The number of rotatable bonds is 6. The minimum atomic E-state index is -2.89. The van der Waals surface area contributed by atoms with E-state index in [1.807, 2.05) is 0 Å². The SMILES string of the molecule is COCCNc1cc(NC2CCS(=O)(=O)C2)nc(C)n1. The van der Waals surface area contributed by atoms with Crippen molar-refractivity contribution in [2.75, 3.05) is 42.4 Å². The topological polar surface area (TPSA) is 93.2 Å². The lowest BCUT2D eigenvalue weighted by Crippen LogP contribution is -2.21. The third-order valence-corrected chi connectivity index (χ3v) is 4.80. The lowest BCUT2D eigenvalue weighted by atomic mass is 10.2. The molecule has 1 aromatic rings. The summed E-state index contributed by atoms with van der Waals surface area (Å²) in [5, 5.41) is 6.30. The van der Waals surface area contributed by atoms with E-state index in [0.29, 0.717) is 37.0 Å². The molecule has 0 radical (unpaired) electrons. The van der Waals surface area contributed by atoms with Crippen molar-refractivity contribution in [1.82, 2.24) is 9.97 Å². The number of aromatic nitrogens is 2. The third-order valence-electron chi connectivity index (χ3n) is 3.03. The van der Waals surface area contributed by atoms with E-state index < -0.39 is 9.84 Å². The Morgan fingerprint density at radius 3 is 2.80 bits per heavy atom. The maximum absolute atomic E-state index is 11.4. The number of sulfone groups is 1. The van der Waals surface area contributed by atoms with E-state index in [9.17, 15) is 8.42 Å².